The number of hydrogen-bond donors (Lipinski definition) is 1. The summed E-state index contributed by atoms with van der Waals surface area (Å²) < 4.78 is 0. The van der Waals surface area contributed by atoms with Gasteiger partial charge in [0.2, 0.25) is 0 Å². The Bertz CT molecular complexity index is 528. The molecule has 1 aromatic carbocycles. The standard InChI is InChI=1S/C15H22N4O2.HI/c1-12-6-8-18(9-7-12)15(16-2)17-11-13-4-3-5-14(10-13)19(20)21;/h3-5,10,12H,6-9,11H2,1-2H3,(H,16,17);1H. The lowest BCUT2D eigenvalue weighted by atomic mass is 9.99. The highest BCUT2D eigenvalue weighted by atomic mass is 127. The van der Waals surface area contributed by atoms with Gasteiger partial charge in [0.05, 0.1) is 4.92 Å². The van der Waals surface area contributed by atoms with Gasteiger partial charge in [-0.15, -0.1) is 24.0 Å². The molecule has 0 aliphatic carbocycles. The summed E-state index contributed by atoms with van der Waals surface area (Å²) in [6.07, 6.45) is 2.36. The van der Waals surface area contributed by atoms with Gasteiger partial charge >= 0.3 is 0 Å². The van der Waals surface area contributed by atoms with Gasteiger partial charge in [-0.25, -0.2) is 0 Å². The van der Waals surface area contributed by atoms with E-state index < -0.39 is 0 Å². The van der Waals surface area contributed by atoms with Crippen molar-refractivity contribution in [1.29, 1.82) is 0 Å². The van der Waals surface area contributed by atoms with Crippen molar-refractivity contribution in [3.63, 3.8) is 0 Å². The molecule has 0 bridgehead atoms. The van der Waals surface area contributed by atoms with Gasteiger partial charge in [0.1, 0.15) is 0 Å². The van der Waals surface area contributed by atoms with E-state index in [9.17, 15) is 10.1 Å². The van der Waals surface area contributed by atoms with Crippen molar-refractivity contribution in [2.45, 2.75) is 26.3 Å². The van der Waals surface area contributed by atoms with Crippen molar-refractivity contribution in [3.8, 4) is 0 Å². The number of piperidine rings is 1. The van der Waals surface area contributed by atoms with E-state index in [1.54, 1.807) is 19.2 Å². The number of nitro groups is 1. The minimum absolute atomic E-state index is 0. The summed E-state index contributed by atoms with van der Waals surface area (Å²) in [5.74, 6) is 1.64. The molecule has 0 saturated carbocycles. The molecular formula is C15H23IN4O2. The van der Waals surface area contributed by atoms with Crippen LogP contribution in [0.1, 0.15) is 25.3 Å². The Labute approximate surface area is 148 Å². The summed E-state index contributed by atoms with van der Waals surface area (Å²) in [6, 6.07) is 6.69. The third kappa shape index (κ3) is 5.11. The Morgan fingerprint density at radius 1 is 1.45 bits per heavy atom. The number of nitrogens with zero attached hydrogens (tertiary/aromatic N) is 3. The zero-order valence-corrected chi connectivity index (χ0v) is 15.3. The number of likely N-dealkylation sites (tertiary alicyclic amines) is 1. The number of aliphatic imine (C=N–C) groups is 1. The number of guanidine groups is 1. The lowest BCUT2D eigenvalue weighted by Gasteiger charge is -2.32. The van der Waals surface area contributed by atoms with Crippen molar-refractivity contribution < 1.29 is 4.92 Å². The fourth-order valence-electron chi connectivity index (χ4n) is 2.51. The van der Waals surface area contributed by atoms with Gasteiger partial charge in [-0.05, 0) is 24.3 Å². The Hall–Kier alpha value is -1.38. The van der Waals surface area contributed by atoms with E-state index in [4.69, 9.17) is 0 Å². The molecule has 122 valence electrons. The summed E-state index contributed by atoms with van der Waals surface area (Å²) >= 11 is 0. The highest BCUT2D eigenvalue weighted by Gasteiger charge is 2.18. The summed E-state index contributed by atoms with van der Waals surface area (Å²) in [7, 11) is 1.77. The van der Waals surface area contributed by atoms with Crippen LogP contribution in [0.25, 0.3) is 0 Å². The van der Waals surface area contributed by atoms with Gasteiger partial charge in [-0.3, -0.25) is 15.1 Å². The average molecular weight is 418 g/mol. The fourth-order valence-corrected chi connectivity index (χ4v) is 2.51. The van der Waals surface area contributed by atoms with Crippen LogP contribution in [-0.2, 0) is 6.54 Å². The van der Waals surface area contributed by atoms with Crippen LogP contribution in [0, 0.1) is 16.0 Å². The molecule has 7 heteroatoms. The van der Waals surface area contributed by atoms with Crippen molar-refractivity contribution >= 4 is 35.6 Å². The van der Waals surface area contributed by atoms with Gasteiger partial charge in [0, 0.05) is 38.8 Å². The molecule has 0 amide bonds. The maximum Gasteiger partial charge on any atom is 0.269 e. The molecule has 0 unspecified atom stereocenters. The molecule has 1 heterocycles. The third-order valence-corrected chi connectivity index (χ3v) is 3.87. The minimum atomic E-state index is -0.371. The molecule has 0 aromatic heterocycles. The van der Waals surface area contributed by atoms with Gasteiger partial charge < -0.3 is 10.2 Å². The topological polar surface area (TPSA) is 70.8 Å². The molecule has 1 N–H and O–H groups in total. The SMILES string of the molecule is CN=C(NCc1cccc([N+](=O)[O-])c1)N1CCC(C)CC1.I. The molecule has 0 spiro atoms. The predicted octanol–water partition coefficient (Wildman–Crippen LogP) is 3.02. The predicted molar refractivity (Wildman–Crippen MR) is 98.7 cm³/mol. The van der Waals surface area contributed by atoms with Crippen molar-refractivity contribution in [2.24, 2.45) is 10.9 Å². The smallest absolute Gasteiger partial charge is 0.269 e. The average Bonchev–Trinajstić information content (AvgIpc) is 2.50. The van der Waals surface area contributed by atoms with Gasteiger partial charge in [-0.2, -0.15) is 0 Å². The number of halogens is 1. The van der Waals surface area contributed by atoms with Crippen LogP contribution < -0.4 is 5.32 Å². The third-order valence-electron chi connectivity index (χ3n) is 3.87. The molecule has 1 fully saturated rings. The van der Waals surface area contributed by atoms with Gasteiger partial charge in [0.15, 0.2) is 5.96 Å². The van der Waals surface area contributed by atoms with E-state index in [1.807, 2.05) is 6.07 Å². The molecule has 1 saturated heterocycles. The summed E-state index contributed by atoms with van der Waals surface area (Å²) in [6.45, 7) is 4.84. The maximum absolute atomic E-state index is 10.8. The fraction of sp³-hybridized carbons (Fsp3) is 0.533. The van der Waals surface area contributed by atoms with Gasteiger partial charge in [-0.1, -0.05) is 19.1 Å². The number of hydrogen-bond acceptors (Lipinski definition) is 3. The Balaban J connectivity index is 0.00000242. The molecule has 1 aliphatic heterocycles. The molecular weight excluding hydrogens is 395 g/mol. The molecule has 0 radical (unpaired) electrons. The van der Waals surface area contributed by atoms with E-state index in [0.717, 1.165) is 30.5 Å². The second kappa shape index (κ2) is 8.92. The second-order valence-electron chi connectivity index (χ2n) is 5.50. The van der Waals surface area contributed by atoms with Crippen molar-refractivity contribution in [1.82, 2.24) is 10.2 Å². The quantitative estimate of drug-likeness (QED) is 0.269. The van der Waals surface area contributed by atoms with Crippen LogP contribution in [0.5, 0.6) is 0 Å². The number of non-ortho nitro benzene ring substituents is 1. The normalized spacial score (nSPS) is 16.1. The zero-order chi connectivity index (χ0) is 15.2. The van der Waals surface area contributed by atoms with Gasteiger partial charge in [0.25, 0.3) is 5.69 Å². The number of benzene rings is 1. The second-order valence-corrected chi connectivity index (χ2v) is 5.50. The molecule has 2 rings (SSSR count). The van der Waals surface area contributed by atoms with Crippen molar-refractivity contribution in [3.05, 3.63) is 39.9 Å². The first-order valence-corrected chi connectivity index (χ1v) is 7.29. The van der Waals surface area contributed by atoms with E-state index >= 15 is 0 Å². The first kappa shape index (κ1) is 18.7. The summed E-state index contributed by atoms with van der Waals surface area (Å²) in [5, 5.41) is 14.1. The Morgan fingerprint density at radius 3 is 2.73 bits per heavy atom. The summed E-state index contributed by atoms with van der Waals surface area (Å²) in [4.78, 5) is 17.0. The molecule has 6 nitrogen and oxygen atoms in total. The molecule has 22 heavy (non-hydrogen) atoms. The number of nitrogens with one attached hydrogen (secondary N) is 1. The zero-order valence-electron chi connectivity index (χ0n) is 13.0. The molecule has 0 atom stereocenters. The van der Waals surface area contributed by atoms with Crippen molar-refractivity contribution in [2.75, 3.05) is 20.1 Å². The monoisotopic (exact) mass is 418 g/mol. The van der Waals surface area contributed by atoms with Crippen LogP contribution in [0.2, 0.25) is 0 Å². The van der Waals surface area contributed by atoms with E-state index in [-0.39, 0.29) is 34.6 Å². The first-order valence-electron chi connectivity index (χ1n) is 7.29. The van der Waals surface area contributed by atoms with E-state index in [2.05, 4.69) is 22.1 Å². The van der Waals surface area contributed by atoms with Crippen LogP contribution in [0.15, 0.2) is 29.3 Å². The van der Waals surface area contributed by atoms with E-state index in [0.29, 0.717) is 6.54 Å². The Morgan fingerprint density at radius 2 is 2.14 bits per heavy atom. The summed E-state index contributed by atoms with van der Waals surface area (Å²) in [5.41, 5.74) is 1.01. The van der Waals surface area contributed by atoms with Crippen LogP contribution >= 0.6 is 24.0 Å². The van der Waals surface area contributed by atoms with E-state index in [1.165, 1.54) is 18.9 Å². The van der Waals surface area contributed by atoms with Crippen LogP contribution in [-0.4, -0.2) is 35.9 Å². The maximum atomic E-state index is 10.8. The van der Waals surface area contributed by atoms with Crippen LogP contribution in [0.3, 0.4) is 0 Å². The largest absolute Gasteiger partial charge is 0.352 e. The minimum Gasteiger partial charge on any atom is -0.352 e. The molecule has 1 aromatic rings. The number of rotatable bonds is 3. The highest BCUT2D eigenvalue weighted by Crippen LogP contribution is 2.16. The highest BCUT2D eigenvalue weighted by molar-refractivity contribution is 14.0. The lowest BCUT2D eigenvalue weighted by Crippen LogP contribution is -2.45. The lowest BCUT2D eigenvalue weighted by molar-refractivity contribution is -0.384. The number of nitro benzene ring substituents is 1. The van der Waals surface area contributed by atoms with Crippen LogP contribution in [0.4, 0.5) is 5.69 Å². The Kier molecular flexibility index (Phi) is 7.57. The molecule has 1 aliphatic rings. The first-order chi connectivity index (χ1) is 10.1.